The van der Waals surface area contributed by atoms with E-state index < -0.39 is 0 Å². The predicted octanol–water partition coefficient (Wildman–Crippen LogP) is 1.45. The summed E-state index contributed by atoms with van der Waals surface area (Å²) in [6.07, 6.45) is 3.22. The van der Waals surface area contributed by atoms with Gasteiger partial charge in [0.25, 0.3) is 0 Å². The number of hydrogen-bond donors (Lipinski definition) is 1. The summed E-state index contributed by atoms with van der Waals surface area (Å²) in [5.41, 5.74) is 2.23. The van der Waals surface area contributed by atoms with Crippen molar-refractivity contribution in [3.8, 4) is 0 Å². The number of amides is 1. The number of nitrogens with zero attached hydrogens (tertiary/aromatic N) is 3. The van der Waals surface area contributed by atoms with Gasteiger partial charge in [-0.05, 0) is 37.6 Å². The first-order chi connectivity index (χ1) is 13.0. The molecule has 6 nitrogen and oxygen atoms in total. The number of benzene rings is 1. The number of carbonyl (C=O) groups excluding carboxylic acids is 1. The molecule has 2 saturated heterocycles. The molecule has 6 heteroatoms. The second-order valence-electron chi connectivity index (χ2n) is 7.50. The Morgan fingerprint density at radius 2 is 1.93 bits per heavy atom. The highest BCUT2D eigenvalue weighted by Gasteiger charge is 2.26. The van der Waals surface area contributed by atoms with Gasteiger partial charge in [0.2, 0.25) is 5.91 Å². The first kappa shape index (κ1) is 19.9. The molecule has 0 bridgehead atoms. The third kappa shape index (κ3) is 5.54. The first-order valence-corrected chi connectivity index (χ1v) is 9.85. The number of anilines is 1. The zero-order chi connectivity index (χ0) is 19.2. The van der Waals surface area contributed by atoms with Crippen molar-refractivity contribution < 1.29 is 14.6 Å². The van der Waals surface area contributed by atoms with Gasteiger partial charge in [-0.15, -0.1) is 0 Å². The molecule has 27 heavy (non-hydrogen) atoms. The maximum Gasteiger partial charge on any atom is 0.246 e. The standard InChI is InChI=1S/C21H31N3O3/c1-17-15-24(10-9-23(17)16-18(2)25)21(26)8-5-19-3-6-20(7-4-19)22-11-13-27-14-12-22/h3-8,17-18,25H,9-16H2,1-2H3. The lowest BCUT2D eigenvalue weighted by Crippen LogP contribution is -2.54. The van der Waals surface area contributed by atoms with Crippen LogP contribution in [0.5, 0.6) is 0 Å². The molecule has 1 amide bonds. The van der Waals surface area contributed by atoms with Crippen LogP contribution in [0.1, 0.15) is 19.4 Å². The second kappa shape index (κ2) is 9.35. The van der Waals surface area contributed by atoms with Crippen LogP contribution in [-0.4, -0.2) is 85.4 Å². The lowest BCUT2D eigenvalue weighted by Gasteiger charge is -2.40. The van der Waals surface area contributed by atoms with E-state index in [1.165, 1.54) is 5.69 Å². The molecule has 3 rings (SSSR count). The van der Waals surface area contributed by atoms with Crippen molar-refractivity contribution in [2.75, 3.05) is 57.4 Å². The van der Waals surface area contributed by atoms with Gasteiger partial charge in [-0.1, -0.05) is 12.1 Å². The largest absolute Gasteiger partial charge is 0.392 e. The minimum atomic E-state index is -0.338. The van der Waals surface area contributed by atoms with Crippen LogP contribution in [0.2, 0.25) is 0 Å². The third-order valence-corrected chi connectivity index (χ3v) is 5.26. The number of aliphatic hydroxyl groups is 1. The van der Waals surface area contributed by atoms with Crippen molar-refractivity contribution in [2.24, 2.45) is 0 Å². The Hall–Kier alpha value is -1.89. The Morgan fingerprint density at radius 3 is 2.56 bits per heavy atom. The number of carbonyl (C=O) groups is 1. The Bertz CT molecular complexity index is 639. The van der Waals surface area contributed by atoms with Crippen LogP contribution in [0.25, 0.3) is 6.08 Å². The minimum absolute atomic E-state index is 0.0517. The summed E-state index contributed by atoms with van der Waals surface area (Å²) >= 11 is 0. The number of β-amino-alcohol motifs (C(OH)–C–C–N with tert-alkyl or cyclic N) is 1. The fraction of sp³-hybridized carbons (Fsp3) is 0.571. The first-order valence-electron chi connectivity index (χ1n) is 9.85. The molecule has 2 aliphatic heterocycles. The average Bonchev–Trinajstić information content (AvgIpc) is 2.68. The second-order valence-corrected chi connectivity index (χ2v) is 7.50. The molecule has 0 saturated carbocycles. The molecule has 2 atom stereocenters. The van der Waals surface area contributed by atoms with Crippen LogP contribution in [0.4, 0.5) is 5.69 Å². The van der Waals surface area contributed by atoms with Gasteiger partial charge < -0.3 is 19.6 Å². The lowest BCUT2D eigenvalue weighted by molar-refractivity contribution is -0.129. The van der Waals surface area contributed by atoms with Crippen LogP contribution in [0.3, 0.4) is 0 Å². The van der Waals surface area contributed by atoms with Gasteiger partial charge >= 0.3 is 0 Å². The molecule has 1 N–H and O–H groups in total. The maximum atomic E-state index is 12.5. The van der Waals surface area contributed by atoms with E-state index in [1.54, 1.807) is 13.0 Å². The van der Waals surface area contributed by atoms with Crippen LogP contribution >= 0.6 is 0 Å². The molecule has 2 fully saturated rings. The van der Waals surface area contributed by atoms with Gasteiger partial charge in [-0.3, -0.25) is 9.69 Å². The van der Waals surface area contributed by atoms with Crippen LogP contribution < -0.4 is 4.90 Å². The Labute approximate surface area is 162 Å². The molecule has 148 valence electrons. The predicted molar refractivity (Wildman–Crippen MR) is 108 cm³/mol. The SMILES string of the molecule is CC(O)CN1CCN(C(=O)C=Cc2ccc(N3CCOCC3)cc2)CC1C. The molecular formula is C21H31N3O3. The molecule has 0 aliphatic carbocycles. The van der Waals surface area contributed by atoms with Crippen molar-refractivity contribution in [3.63, 3.8) is 0 Å². The number of piperazine rings is 1. The molecule has 1 aromatic carbocycles. The summed E-state index contributed by atoms with van der Waals surface area (Å²) in [5, 5.41) is 9.57. The summed E-state index contributed by atoms with van der Waals surface area (Å²) in [7, 11) is 0. The number of hydrogen-bond acceptors (Lipinski definition) is 5. The molecule has 0 aromatic heterocycles. The quantitative estimate of drug-likeness (QED) is 0.792. The zero-order valence-electron chi connectivity index (χ0n) is 16.4. The molecule has 0 spiro atoms. The maximum absolute atomic E-state index is 12.5. The topological polar surface area (TPSA) is 56.2 Å². The van der Waals surface area contributed by atoms with E-state index in [2.05, 4.69) is 41.0 Å². The highest BCUT2D eigenvalue weighted by molar-refractivity contribution is 5.92. The highest BCUT2D eigenvalue weighted by atomic mass is 16.5. The smallest absolute Gasteiger partial charge is 0.246 e. The van der Waals surface area contributed by atoms with Crippen molar-refractivity contribution in [2.45, 2.75) is 26.0 Å². The summed E-state index contributed by atoms with van der Waals surface area (Å²) in [4.78, 5) is 19.0. The minimum Gasteiger partial charge on any atom is -0.392 e. The molecular weight excluding hydrogens is 342 g/mol. The Kier molecular flexibility index (Phi) is 6.88. The normalized spacial score (nSPS) is 23.0. The van der Waals surface area contributed by atoms with Crippen molar-refractivity contribution >= 4 is 17.7 Å². The van der Waals surface area contributed by atoms with Crippen molar-refractivity contribution in [1.29, 1.82) is 0 Å². The van der Waals surface area contributed by atoms with Gasteiger partial charge in [-0.25, -0.2) is 0 Å². The number of morpholine rings is 1. The van der Waals surface area contributed by atoms with E-state index in [4.69, 9.17) is 4.74 Å². The summed E-state index contributed by atoms with van der Waals surface area (Å²) < 4.78 is 5.39. The van der Waals surface area contributed by atoms with E-state index >= 15 is 0 Å². The highest BCUT2D eigenvalue weighted by Crippen LogP contribution is 2.17. The summed E-state index contributed by atoms with van der Waals surface area (Å²) in [6.45, 7) is 10.2. The van der Waals surface area contributed by atoms with E-state index in [0.29, 0.717) is 19.6 Å². The molecule has 0 radical (unpaired) electrons. The molecule has 1 aromatic rings. The monoisotopic (exact) mass is 373 g/mol. The number of rotatable bonds is 5. The fourth-order valence-corrected chi connectivity index (χ4v) is 3.70. The fourth-order valence-electron chi connectivity index (χ4n) is 3.70. The average molecular weight is 373 g/mol. The van der Waals surface area contributed by atoms with Crippen molar-refractivity contribution in [1.82, 2.24) is 9.80 Å². The Balaban J connectivity index is 1.52. The Morgan fingerprint density at radius 1 is 1.22 bits per heavy atom. The van der Waals surface area contributed by atoms with Crippen molar-refractivity contribution in [3.05, 3.63) is 35.9 Å². The van der Waals surface area contributed by atoms with E-state index in [9.17, 15) is 9.90 Å². The van der Waals surface area contributed by atoms with Gasteiger partial charge in [-0.2, -0.15) is 0 Å². The van der Waals surface area contributed by atoms with Gasteiger partial charge in [0, 0.05) is 57.1 Å². The summed E-state index contributed by atoms with van der Waals surface area (Å²) in [5.74, 6) is 0.0517. The van der Waals surface area contributed by atoms with Crippen LogP contribution in [0, 0.1) is 0 Å². The van der Waals surface area contributed by atoms with Crippen LogP contribution in [0.15, 0.2) is 30.3 Å². The van der Waals surface area contributed by atoms with Gasteiger partial charge in [0.05, 0.1) is 19.3 Å². The van der Waals surface area contributed by atoms with Crippen LogP contribution in [-0.2, 0) is 9.53 Å². The zero-order valence-corrected chi connectivity index (χ0v) is 16.4. The molecule has 2 aliphatic rings. The lowest BCUT2D eigenvalue weighted by atomic mass is 10.1. The van der Waals surface area contributed by atoms with E-state index in [0.717, 1.165) is 38.4 Å². The number of ether oxygens (including phenoxy) is 1. The molecule has 2 heterocycles. The molecule has 2 unspecified atom stereocenters. The van der Waals surface area contributed by atoms with E-state index in [-0.39, 0.29) is 18.1 Å². The van der Waals surface area contributed by atoms with Gasteiger partial charge in [0.1, 0.15) is 0 Å². The summed E-state index contributed by atoms with van der Waals surface area (Å²) in [6, 6.07) is 8.58. The third-order valence-electron chi connectivity index (χ3n) is 5.26. The van der Waals surface area contributed by atoms with Gasteiger partial charge in [0.15, 0.2) is 0 Å². The van der Waals surface area contributed by atoms with E-state index in [1.807, 2.05) is 11.0 Å². The number of aliphatic hydroxyl groups excluding tert-OH is 1.